The zero-order valence-corrected chi connectivity index (χ0v) is 15.0. The molecule has 2 aromatic carbocycles. The summed E-state index contributed by atoms with van der Waals surface area (Å²) in [6.07, 6.45) is 3.80. The van der Waals surface area contributed by atoms with E-state index in [9.17, 15) is 9.59 Å². The number of carbonyl (C=O) groups excluding carboxylic acids is 2. The third kappa shape index (κ3) is 3.36. The minimum absolute atomic E-state index is 0.0723. The Balaban J connectivity index is 1.39. The second kappa shape index (κ2) is 6.60. The average molecular weight is 348 g/mol. The number of hydrogen-bond acceptors (Lipinski definition) is 2. The predicted molar refractivity (Wildman–Crippen MR) is 102 cm³/mol. The SMILES string of the molecule is CC(NC(=O)C1(c2ccccc2)CC1)c1ccc(NC(=O)C2CC2)cc1. The summed E-state index contributed by atoms with van der Waals surface area (Å²) in [5, 5.41) is 6.10. The van der Waals surface area contributed by atoms with Crippen molar-refractivity contribution >= 4 is 17.5 Å². The van der Waals surface area contributed by atoms with E-state index in [1.54, 1.807) is 0 Å². The van der Waals surface area contributed by atoms with Crippen LogP contribution in [0, 0.1) is 5.92 Å². The van der Waals surface area contributed by atoms with Crippen LogP contribution in [0.25, 0.3) is 0 Å². The van der Waals surface area contributed by atoms with E-state index in [2.05, 4.69) is 10.6 Å². The Labute approximate surface area is 154 Å². The summed E-state index contributed by atoms with van der Waals surface area (Å²) in [6.45, 7) is 2.00. The molecule has 2 saturated carbocycles. The number of carbonyl (C=O) groups is 2. The molecule has 4 nitrogen and oxygen atoms in total. The molecule has 0 aromatic heterocycles. The molecule has 0 aliphatic heterocycles. The van der Waals surface area contributed by atoms with Crippen LogP contribution in [0.1, 0.15) is 49.8 Å². The summed E-state index contributed by atoms with van der Waals surface area (Å²) in [4.78, 5) is 24.7. The molecule has 1 atom stereocenters. The number of amides is 2. The normalized spacial score (nSPS) is 18.7. The first-order valence-corrected chi connectivity index (χ1v) is 9.36. The number of hydrogen-bond donors (Lipinski definition) is 2. The van der Waals surface area contributed by atoms with Crippen LogP contribution in [0.4, 0.5) is 5.69 Å². The monoisotopic (exact) mass is 348 g/mol. The third-order valence-corrected chi connectivity index (χ3v) is 5.48. The number of nitrogens with one attached hydrogen (secondary N) is 2. The first-order chi connectivity index (χ1) is 12.6. The topological polar surface area (TPSA) is 58.2 Å². The summed E-state index contributed by atoms with van der Waals surface area (Å²) >= 11 is 0. The van der Waals surface area contributed by atoms with Crippen LogP contribution in [0.5, 0.6) is 0 Å². The first-order valence-electron chi connectivity index (χ1n) is 9.36. The van der Waals surface area contributed by atoms with Gasteiger partial charge in [0.1, 0.15) is 0 Å². The highest BCUT2D eigenvalue weighted by molar-refractivity contribution is 5.94. The Hall–Kier alpha value is -2.62. The minimum Gasteiger partial charge on any atom is -0.349 e. The van der Waals surface area contributed by atoms with Crippen LogP contribution in [0.15, 0.2) is 54.6 Å². The van der Waals surface area contributed by atoms with Crippen LogP contribution in [-0.2, 0) is 15.0 Å². The molecule has 0 saturated heterocycles. The van der Waals surface area contributed by atoms with Gasteiger partial charge in [-0.3, -0.25) is 9.59 Å². The second-order valence-corrected chi connectivity index (χ2v) is 7.53. The summed E-state index contributed by atoms with van der Waals surface area (Å²) in [7, 11) is 0. The Kier molecular flexibility index (Phi) is 4.27. The van der Waals surface area contributed by atoms with Crippen molar-refractivity contribution in [3.8, 4) is 0 Å². The van der Waals surface area contributed by atoms with Gasteiger partial charge in [-0.15, -0.1) is 0 Å². The van der Waals surface area contributed by atoms with Crippen molar-refractivity contribution in [2.75, 3.05) is 5.32 Å². The van der Waals surface area contributed by atoms with Crippen molar-refractivity contribution < 1.29 is 9.59 Å². The van der Waals surface area contributed by atoms with E-state index >= 15 is 0 Å². The maximum absolute atomic E-state index is 12.8. The van der Waals surface area contributed by atoms with Crippen LogP contribution >= 0.6 is 0 Å². The molecule has 2 aliphatic carbocycles. The highest BCUT2D eigenvalue weighted by Gasteiger charge is 2.51. The molecule has 26 heavy (non-hydrogen) atoms. The fourth-order valence-corrected chi connectivity index (χ4v) is 3.39. The minimum atomic E-state index is -0.353. The van der Waals surface area contributed by atoms with Crippen molar-refractivity contribution in [1.29, 1.82) is 0 Å². The number of rotatable bonds is 6. The average Bonchev–Trinajstić information content (AvgIpc) is 3.56. The fraction of sp³-hybridized carbons (Fsp3) is 0.364. The van der Waals surface area contributed by atoms with Gasteiger partial charge in [-0.1, -0.05) is 42.5 Å². The van der Waals surface area contributed by atoms with Gasteiger partial charge >= 0.3 is 0 Å². The summed E-state index contributed by atoms with van der Waals surface area (Å²) in [6, 6.07) is 17.7. The lowest BCUT2D eigenvalue weighted by molar-refractivity contribution is -0.124. The molecule has 2 aromatic rings. The van der Waals surface area contributed by atoms with Crippen molar-refractivity contribution in [2.24, 2.45) is 5.92 Å². The molecule has 134 valence electrons. The largest absolute Gasteiger partial charge is 0.349 e. The Morgan fingerprint density at radius 1 is 1.00 bits per heavy atom. The molecular formula is C22H24N2O2. The Morgan fingerprint density at radius 2 is 1.65 bits per heavy atom. The van der Waals surface area contributed by atoms with Crippen molar-refractivity contribution in [1.82, 2.24) is 5.32 Å². The van der Waals surface area contributed by atoms with E-state index < -0.39 is 0 Å². The molecular weight excluding hydrogens is 324 g/mol. The number of anilines is 1. The van der Waals surface area contributed by atoms with Crippen molar-refractivity contribution in [2.45, 2.75) is 44.1 Å². The molecule has 2 fully saturated rings. The molecule has 1 unspecified atom stereocenters. The lowest BCUT2D eigenvalue weighted by atomic mass is 9.94. The fourth-order valence-electron chi connectivity index (χ4n) is 3.39. The van der Waals surface area contributed by atoms with E-state index in [0.29, 0.717) is 0 Å². The highest BCUT2D eigenvalue weighted by atomic mass is 16.2. The highest BCUT2D eigenvalue weighted by Crippen LogP contribution is 2.48. The predicted octanol–water partition coefficient (Wildman–Crippen LogP) is 3.94. The van der Waals surface area contributed by atoms with Crippen LogP contribution in [-0.4, -0.2) is 11.8 Å². The Bertz CT molecular complexity index is 806. The van der Waals surface area contributed by atoms with Gasteiger partial charge in [0.25, 0.3) is 0 Å². The van der Waals surface area contributed by atoms with Crippen molar-refractivity contribution in [3.63, 3.8) is 0 Å². The molecule has 2 amide bonds. The van der Waals surface area contributed by atoms with Gasteiger partial charge in [0.05, 0.1) is 11.5 Å². The second-order valence-electron chi connectivity index (χ2n) is 7.53. The molecule has 0 radical (unpaired) electrons. The summed E-state index contributed by atoms with van der Waals surface area (Å²) < 4.78 is 0. The van der Waals surface area contributed by atoms with Gasteiger partial charge in [0.2, 0.25) is 11.8 Å². The smallest absolute Gasteiger partial charge is 0.231 e. The van der Waals surface area contributed by atoms with E-state index in [0.717, 1.165) is 42.5 Å². The third-order valence-electron chi connectivity index (χ3n) is 5.48. The van der Waals surface area contributed by atoms with Gasteiger partial charge in [0.15, 0.2) is 0 Å². The number of benzene rings is 2. The molecule has 0 spiro atoms. The standard InChI is InChI=1S/C22H24N2O2/c1-15(16-9-11-19(12-10-16)24-20(25)17-7-8-17)23-21(26)22(13-14-22)18-5-3-2-4-6-18/h2-6,9-12,15,17H,7-8,13-14H2,1H3,(H,23,26)(H,24,25). The lowest BCUT2D eigenvalue weighted by Crippen LogP contribution is -2.36. The molecule has 0 bridgehead atoms. The molecule has 0 heterocycles. The maximum Gasteiger partial charge on any atom is 0.231 e. The molecule has 4 heteroatoms. The van der Waals surface area contributed by atoms with Gasteiger partial charge in [-0.2, -0.15) is 0 Å². The molecule has 2 N–H and O–H groups in total. The van der Waals surface area contributed by atoms with E-state index in [1.165, 1.54) is 0 Å². The van der Waals surface area contributed by atoms with Crippen LogP contribution in [0.3, 0.4) is 0 Å². The maximum atomic E-state index is 12.8. The zero-order chi connectivity index (χ0) is 18.1. The van der Waals surface area contributed by atoms with Crippen LogP contribution in [0.2, 0.25) is 0 Å². The van der Waals surface area contributed by atoms with Crippen molar-refractivity contribution in [3.05, 3.63) is 65.7 Å². The summed E-state index contributed by atoms with van der Waals surface area (Å²) in [5.74, 6) is 0.403. The molecule has 2 aliphatic rings. The van der Waals surface area contributed by atoms with E-state index in [-0.39, 0.29) is 29.2 Å². The lowest BCUT2D eigenvalue weighted by Gasteiger charge is -2.20. The first kappa shape index (κ1) is 16.8. The van der Waals surface area contributed by atoms with Gasteiger partial charge in [0, 0.05) is 11.6 Å². The molecule has 4 rings (SSSR count). The van der Waals surface area contributed by atoms with Crippen LogP contribution < -0.4 is 10.6 Å². The Morgan fingerprint density at radius 3 is 2.23 bits per heavy atom. The zero-order valence-electron chi connectivity index (χ0n) is 15.0. The van der Waals surface area contributed by atoms with Gasteiger partial charge < -0.3 is 10.6 Å². The van der Waals surface area contributed by atoms with Gasteiger partial charge in [-0.25, -0.2) is 0 Å². The van der Waals surface area contributed by atoms with E-state index in [4.69, 9.17) is 0 Å². The summed E-state index contributed by atoms with van der Waals surface area (Å²) in [5.41, 5.74) is 2.59. The van der Waals surface area contributed by atoms with Gasteiger partial charge in [-0.05, 0) is 55.9 Å². The quantitative estimate of drug-likeness (QED) is 0.830. The van der Waals surface area contributed by atoms with E-state index in [1.807, 2.05) is 61.5 Å².